The van der Waals surface area contributed by atoms with Crippen LogP contribution in [0.2, 0.25) is 0 Å². The molecule has 0 fully saturated rings. The Morgan fingerprint density at radius 2 is 2.07 bits per heavy atom. The maximum atomic E-state index is 8.88. The molecule has 0 N–H and O–H groups in total. The van der Waals surface area contributed by atoms with Crippen molar-refractivity contribution in [2.45, 2.75) is 6.92 Å². The van der Waals surface area contributed by atoms with E-state index in [0.29, 0.717) is 11.4 Å². The summed E-state index contributed by atoms with van der Waals surface area (Å²) >= 11 is 0. The Balaban J connectivity index is 2.60. The van der Waals surface area contributed by atoms with Crippen molar-refractivity contribution in [2.24, 2.45) is 0 Å². The van der Waals surface area contributed by atoms with Crippen LogP contribution in [0.3, 0.4) is 0 Å². The minimum atomic E-state index is 0.461. The molecule has 0 aliphatic rings. The topological polar surface area (TPSA) is 67.4 Å². The Morgan fingerprint density at radius 1 is 1.36 bits per heavy atom. The van der Waals surface area contributed by atoms with Gasteiger partial charge in [0, 0.05) is 6.20 Å². The zero-order valence-electron chi connectivity index (χ0n) is 7.55. The zero-order chi connectivity index (χ0) is 9.97. The third-order valence-electron chi connectivity index (χ3n) is 1.73. The van der Waals surface area contributed by atoms with Gasteiger partial charge in [0.25, 0.3) is 0 Å². The molecule has 2 aromatic heterocycles. The quantitative estimate of drug-likeness (QED) is 0.660. The van der Waals surface area contributed by atoms with E-state index in [4.69, 9.17) is 5.26 Å². The molecule has 5 heteroatoms. The molecule has 0 atom stereocenters. The van der Waals surface area contributed by atoms with Crippen LogP contribution < -0.4 is 0 Å². The summed E-state index contributed by atoms with van der Waals surface area (Å²) in [6.45, 7) is 1.88. The molecule has 0 amide bonds. The molecule has 0 aliphatic heterocycles. The number of aryl methyl sites for hydroxylation is 1. The SMILES string of the molecule is Cc1cnc(-n2nccn2)c(C#N)c1. The summed E-state index contributed by atoms with van der Waals surface area (Å²) in [6, 6.07) is 3.82. The molecule has 0 aromatic carbocycles. The fraction of sp³-hybridized carbons (Fsp3) is 0.111. The lowest BCUT2D eigenvalue weighted by Crippen LogP contribution is -2.04. The van der Waals surface area contributed by atoms with Gasteiger partial charge in [-0.15, -0.1) is 4.80 Å². The molecule has 0 radical (unpaired) electrons. The van der Waals surface area contributed by atoms with Crippen LogP contribution in [0.1, 0.15) is 11.1 Å². The second kappa shape index (κ2) is 3.26. The lowest BCUT2D eigenvalue weighted by atomic mass is 10.2. The summed E-state index contributed by atoms with van der Waals surface area (Å²) in [6.07, 6.45) is 4.77. The Kier molecular flexibility index (Phi) is 1.95. The van der Waals surface area contributed by atoms with Gasteiger partial charge in [0.1, 0.15) is 6.07 Å². The van der Waals surface area contributed by atoms with Crippen molar-refractivity contribution in [3.8, 4) is 11.9 Å². The highest BCUT2D eigenvalue weighted by molar-refractivity contribution is 5.43. The Morgan fingerprint density at radius 3 is 2.71 bits per heavy atom. The lowest BCUT2D eigenvalue weighted by molar-refractivity contribution is 0.726. The predicted octanol–water partition coefficient (Wildman–Crippen LogP) is 0.842. The largest absolute Gasteiger partial charge is 0.234 e. The first-order chi connectivity index (χ1) is 6.81. The van der Waals surface area contributed by atoms with Crippen LogP contribution in [0.4, 0.5) is 0 Å². The van der Waals surface area contributed by atoms with E-state index in [-0.39, 0.29) is 0 Å². The average molecular weight is 185 g/mol. The van der Waals surface area contributed by atoms with Gasteiger partial charge in [-0.05, 0) is 18.6 Å². The fourth-order valence-corrected chi connectivity index (χ4v) is 1.13. The Hall–Kier alpha value is -2.22. The Labute approximate surface area is 80.6 Å². The smallest absolute Gasteiger partial charge is 0.192 e. The summed E-state index contributed by atoms with van der Waals surface area (Å²) in [5, 5.41) is 16.7. The molecule has 2 aromatic rings. The van der Waals surface area contributed by atoms with Crippen LogP contribution in [0.25, 0.3) is 5.82 Å². The molecule has 68 valence electrons. The van der Waals surface area contributed by atoms with E-state index in [0.717, 1.165) is 5.56 Å². The highest BCUT2D eigenvalue weighted by Crippen LogP contribution is 2.09. The van der Waals surface area contributed by atoms with Crippen LogP contribution in [0, 0.1) is 18.3 Å². The van der Waals surface area contributed by atoms with Crippen molar-refractivity contribution < 1.29 is 0 Å². The minimum absolute atomic E-state index is 0.461. The van der Waals surface area contributed by atoms with Crippen molar-refractivity contribution >= 4 is 0 Å². The molecule has 5 nitrogen and oxygen atoms in total. The third kappa shape index (κ3) is 1.33. The molecule has 0 saturated carbocycles. The third-order valence-corrected chi connectivity index (χ3v) is 1.73. The van der Waals surface area contributed by atoms with Gasteiger partial charge >= 0.3 is 0 Å². The van der Waals surface area contributed by atoms with Crippen LogP contribution in [-0.2, 0) is 0 Å². The number of aromatic nitrogens is 4. The number of hydrogen-bond donors (Lipinski definition) is 0. The molecular weight excluding hydrogens is 178 g/mol. The molecule has 0 aliphatic carbocycles. The van der Waals surface area contributed by atoms with E-state index >= 15 is 0 Å². The van der Waals surface area contributed by atoms with Gasteiger partial charge < -0.3 is 0 Å². The van der Waals surface area contributed by atoms with Gasteiger partial charge in [0.05, 0.1) is 18.0 Å². The standard InChI is InChI=1S/C9H7N5/c1-7-4-8(5-10)9(11-6-7)14-12-2-3-13-14/h2-4,6H,1H3. The van der Waals surface area contributed by atoms with Crippen molar-refractivity contribution in [2.75, 3.05) is 0 Å². The fourth-order valence-electron chi connectivity index (χ4n) is 1.13. The van der Waals surface area contributed by atoms with Crippen molar-refractivity contribution in [3.63, 3.8) is 0 Å². The van der Waals surface area contributed by atoms with Gasteiger partial charge in [-0.25, -0.2) is 4.98 Å². The van der Waals surface area contributed by atoms with E-state index in [9.17, 15) is 0 Å². The summed E-state index contributed by atoms with van der Waals surface area (Å²) in [5.41, 5.74) is 1.42. The van der Waals surface area contributed by atoms with Gasteiger partial charge in [-0.1, -0.05) is 0 Å². The second-order valence-corrected chi connectivity index (χ2v) is 2.81. The molecule has 0 unspecified atom stereocenters. The lowest BCUT2D eigenvalue weighted by Gasteiger charge is -2.01. The summed E-state index contributed by atoms with van der Waals surface area (Å²) in [4.78, 5) is 5.44. The number of rotatable bonds is 1. The van der Waals surface area contributed by atoms with Crippen LogP contribution >= 0.6 is 0 Å². The van der Waals surface area contributed by atoms with Crippen LogP contribution in [0.15, 0.2) is 24.7 Å². The number of pyridine rings is 1. The summed E-state index contributed by atoms with van der Waals surface area (Å²) < 4.78 is 0. The van der Waals surface area contributed by atoms with E-state index in [1.807, 2.05) is 6.92 Å². The van der Waals surface area contributed by atoms with Crippen molar-refractivity contribution in [3.05, 3.63) is 35.8 Å². The maximum Gasteiger partial charge on any atom is 0.192 e. The number of hydrogen-bond acceptors (Lipinski definition) is 4. The van der Waals surface area contributed by atoms with E-state index in [2.05, 4.69) is 21.3 Å². The first-order valence-corrected chi connectivity index (χ1v) is 4.04. The van der Waals surface area contributed by atoms with Gasteiger partial charge in [-0.3, -0.25) is 0 Å². The minimum Gasteiger partial charge on any atom is -0.234 e. The summed E-state index contributed by atoms with van der Waals surface area (Å²) in [5.74, 6) is 0.461. The molecule has 0 saturated heterocycles. The second-order valence-electron chi connectivity index (χ2n) is 2.81. The Bertz CT molecular complexity index is 480. The first kappa shape index (κ1) is 8.38. The molecule has 2 heterocycles. The van der Waals surface area contributed by atoms with Crippen LogP contribution in [0.5, 0.6) is 0 Å². The van der Waals surface area contributed by atoms with Crippen molar-refractivity contribution in [1.29, 1.82) is 5.26 Å². The number of nitrogens with zero attached hydrogens (tertiary/aromatic N) is 5. The number of nitriles is 1. The molecule has 2 rings (SSSR count). The molecule has 14 heavy (non-hydrogen) atoms. The molecule has 0 spiro atoms. The monoisotopic (exact) mass is 185 g/mol. The molecular formula is C9H7N5. The van der Waals surface area contributed by atoms with E-state index in [1.54, 1.807) is 24.7 Å². The van der Waals surface area contributed by atoms with Gasteiger partial charge in [0.15, 0.2) is 5.82 Å². The summed E-state index contributed by atoms with van der Waals surface area (Å²) in [7, 11) is 0. The maximum absolute atomic E-state index is 8.88. The predicted molar refractivity (Wildman–Crippen MR) is 48.6 cm³/mol. The van der Waals surface area contributed by atoms with Gasteiger partial charge in [-0.2, -0.15) is 15.5 Å². The average Bonchev–Trinajstić information content (AvgIpc) is 2.70. The molecule has 0 bridgehead atoms. The van der Waals surface area contributed by atoms with Gasteiger partial charge in [0.2, 0.25) is 0 Å². The first-order valence-electron chi connectivity index (χ1n) is 4.04. The van der Waals surface area contributed by atoms with E-state index in [1.165, 1.54) is 4.80 Å². The zero-order valence-corrected chi connectivity index (χ0v) is 7.55. The van der Waals surface area contributed by atoms with Crippen molar-refractivity contribution in [1.82, 2.24) is 20.0 Å². The normalized spacial score (nSPS) is 9.71. The highest BCUT2D eigenvalue weighted by atomic mass is 15.5. The van der Waals surface area contributed by atoms with Crippen LogP contribution in [-0.4, -0.2) is 20.0 Å². The highest BCUT2D eigenvalue weighted by Gasteiger charge is 2.06. The van der Waals surface area contributed by atoms with E-state index < -0.39 is 0 Å².